The highest BCUT2D eigenvalue weighted by Gasteiger charge is 2.40. The monoisotopic (exact) mass is 500 g/mol. The van der Waals surface area contributed by atoms with Gasteiger partial charge in [0.2, 0.25) is 16.0 Å². The van der Waals surface area contributed by atoms with E-state index in [-0.39, 0.29) is 5.95 Å². The van der Waals surface area contributed by atoms with Gasteiger partial charge in [0.05, 0.1) is 18.2 Å². The number of aryl methyl sites for hydroxylation is 1. The number of hydrogen-bond acceptors (Lipinski definition) is 8. The minimum Gasteiger partial charge on any atom is -0.497 e. The molecule has 0 unspecified atom stereocenters. The third-order valence-corrected chi connectivity index (χ3v) is 6.07. The number of halogens is 3. The summed E-state index contributed by atoms with van der Waals surface area (Å²) in [6, 6.07) is 7.51. The molecule has 1 aromatic heterocycles. The number of aromatic nitrogens is 4. The minimum atomic E-state index is -4.98. The van der Waals surface area contributed by atoms with Crippen molar-refractivity contribution in [3.05, 3.63) is 53.1 Å². The second-order valence-corrected chi connectivity index (χ2v) is 8.56. The van der Waals surface area contributed by atoms with Gasteiger partial charge in [-0.3, -0.25) is 10.1 Å². The smallest absolute Gasteiger partial charge is 0.420 e. The third kappa shape index (κ3) is 5.26. The molecule has 0 spiro atoms. The van der Waals surface area contributed by atoms with Crippen molar-refractivity contribution in [2.45, 2.75) is 17.7 Å². The fourth-order valence-corrected chi connectivity index (χ4v) is 3.93. The van der Waals surface area contributed by atoms with Crippen LogP contribution in [0.2, 0.25) is 0 Å². The summed E-state index contributed by atoms with van der Waals surface area (Å²) in [6.07, 6.45) is -4.98. The van der Waals surface area contributed by atoms with E-state index in [1.165, 1.54) is 26.3 Å². The fraction of sp³-hybridized carbons (Fsp3) is 0.263. The van der Waals surface area contributed by atoms with Crippen molar-refractivity contribution in [3.63, 3.8) is 0 Å². The van der Waals surface area contributed by atoms with E-state index in [0.29, 0.717) is 17.4 Å². The first-order chi connectivity index (χ1) is 16.0. The van der Waals surface area contributed by atoms with E-state index in [9.17, 15) is 26.4 Å². The maximum absolute atomic E-state index is 13.8. The zero-order valence-corrected chi connectivity index (χ0v) is 18.9. The van der Waals surface area contributed by atoms with Gasteiger partial charge in [-0.25, -0.2) is 17.8 Å². The first kappa shape index (κ1) is 24.9. The number of benzene rings is 2. The van der Waals surface area contributed by atoms with Gasteiger partial charge in [0.15, 0.2) is 5.75 Å². The molecule has 3 rings (SSSR count). The number of nitrogens with zero attached hydrogens (tertiary/aromatic N) is 4. The Morgan fingerprint density at radius 2 is 1.82 bits per heavy atom. The van der Waals surface area contributed by atoms with Crippen LogP contribution in [0.15, 0.2) is 41.3 Å². The standard InChI is InChI=1S/C19H19F3N6O5S/c1-23-34(30,31)16-13(17(29)24-18-25-26-27-28(18)2)8-9-14(19(20,21)22)15(16)33-10-11-4-6-12(32-3)7-5-11/h4-9,23H,10H2,1-3H3,(H,24,25,27,29). The molecule has 2 aromatic carbocycles. The normalized spacial score (nSPS) is 11.8. The highest BCUT2D eigenvalue weighted by atomic mass is 32.2. The predicted octanol–water partition coefficient (Wildman–Crippen LogP) is 1.98. The van der Waals surface area contributed by atoms with Crippen molar-refractivity contribution < 1.29 is 35.9 Å². The molecule has 0 aliphatic heterocycles. The Hall–Kier alpha value is -3.72. The van der Waals surface area contributed by atoms with Crippen molar-refractivity contribution in [2.24, 2.45) is 7.05 Å². The van der Waals surface area contributed by atoms with Crippen LogP contribution in [0, 0.1) is 0 Å². The molecule has 1 amide bonds. The molecule has 0 saturated carbocycles. The molecule has 0 atom stereocenters. The third-order valence-electron chi connectivity index (χ3n) is 4.59. The van der Waals surface area contributed by atoms with Crippen molar-refractivity contribution in [1.29, 1.82) is 0 Å². The summed E-state index contributed by atoms with van der Waals surface area (Å²) in [6.45, 7) is -0.419. The lowest BCUT2D eigenvalue weighted by Crippen LogP contribution is -2.26. The van der Waals surface area contributed by atoms with Crippen molar-refractivity contribution >= 4 is 21.9 Å². The molecule has 1 heterocycles. The zero-order valence-electron chi connectivity index (χ0n) is 18.0. The second-order valence-electron chi connectivity index (χ2n) is 6.74. The number of carbonyl (C=O) groups excluding carboxylic acids is 1. The molecular weight excluding hydrogens is 481 g/mol. The summed E-state index contributed by atoms with van der Waals surface area (Å²) in [5, 5.41) is 12.7. The number of tetrazole rings is 1. The number of hydrogen-bond donors (Lipinski definition) is 2. The summed E-state index contributed by atoms with van der Waals surface area (Å²) in [7, 11) is -0.761. The molecule has 182 valence electrons. The van der Waals surface area contributed by atoms with Crippen LogP contribution in [0.5, 0.6) is 11.5 Å². The van der Waals surface area contributed by atoms with Gasteiger partial charge in [-0.15, -0.1) is 0 Å². The highest BCUT2D eigenvalue weighted by Crippen LogP contribution is 2.42. The molecule has 0 radical (unpaired) electrons. The van der Waals surface area contributed by atoms with Crippen molar-refractivity contribution in [2.75, 3.05) is 19.5 Å². The van der Waals surface area contributed by atoms with Gasteiger partial charge >= 0.3 is 6.18 Å². The number of alkyl halides is 3. The van der Waals surface area contributed by atoms with E-state index in [1.807, 2.05) is 4.72 Å². The summed E-state index contributed by atoms with van der Waals surface area (Å²) < 4.78 is 80.4. The summed E-state index contributed by atoms with van der Waals surface area (Å²) in [4.78, 5) is 11.9. The average Bonchev–Trinajstić information content (AvgIpc) is 3.20. The molecule has 34 heavy (non-hydrogen) atoms. The zero-order chi connectivity index (χ0) is 25.1. The van der Waals surface area contributed by atoms with Crippen LogP contribution in [-0.2, 0) is 29.9 Å². The van der Waals surface area contributed by atoms with E-state index in [1.54, 1.807) is 12.1 Å². The molecular formula is C19H19F3N6O5S. The Morgan fingerprint density at radius 3 is 2.35 bits per heavy atom. The Labute approximate surface area is 191 Å². The van der Waals surface area contributed by atoms with Crippen molar-refractivity contribution in [1.82, 2.24) is 24.9 Å². The summed E-state index contributed by atoms with van der Waals surface area (Å²) in [5.41, 5.74) is -1.54. The molecule has 15 heteroatoms. The van der Waals surface area contributed by atoms with Gasteiger partial charge in [-0.2, -0.15) is 13.2 Å². The number of methoxy groups -OCH3 is 1. The van der Waals surface area contributed by atoms with E-state index >= 15 is 0 Å². The van der Waals surface area contributed by atoms with E-state index < -0.39 is 50.5 Å². The molecule has 11 nitrogen and oxygen atoms in total. The van der Waals surface area contributed by atoms with Crippen LogP contribution in [0.4, 0.5) is 19.1 Å². The second kappa shape index (κ2) is 9.64. The molecule has 0 saturated heterocycles. The lowest BCUT2D eigenvalue weighted by Gasteiger charge is -2.20. The maximum Gasteiger partial charge on any atom is 0.420 e. The van der Waals surface area contributed by atoms with E-state index in [4.69, 9.17) is 9.47 Å². The predicted molar refractivity (Wildman–Crippen MR) is 112 cm³/mol. The molecule has 2 N–H and O–H groups in total. The average molecular weight is 500 g/mol. The number of amides is 1. The largest absolute Gasteiger partial charge is 0.497 e. The van der Waals surface area contributed by atoms with Gasteiger partial charge in [0, 0.05) is 7.05 Å². The molecule has 0 bridgehead atoms. The SMILES string of the molecule is CNS(=O)(=O)c1c(C(=O)Nc2nnnn2C)ccc(C(F)(F)F)c1OCc1ccc(OC)cc1. The van der Waals surface area contributed by atoms with E-state index in [2.05, 4.69) is 20.8 Å². The van der Waals surface area contributed by atoms with Gasteiger partial charge in [-0.05, 0) is 47.3 Å². The first-order valence-corrected chi connectivity index (χ1v) is 10.9. The fourth-order valence-electron chi connectivity index (χ4n) is 2.86. The number of anilines is 1. The van der Waals surface area contributed by atoms with Crippen LogP contribution in [0.3, 0.4) is 0 Å². The van der Waals surface area contributed by atoms with Gasteiger partial charge in [0.1, 0.15) is 17.3 Å². The Balaban J connectivity index is 2.13. The van der Waals surface area contributed by atoms with Crippen LogP contribution in [-0.4, -0.2) is 48.7 Å². The Morgan fingerprint density at radius 1 is 1.15 bits per heavy atom. The highest BCUT2D eigenvalue weighted by molar-refractivity contribution is 7.89. The molecule has 0 aliphatic carbocycles. The Bertz CT molecular complexity index is 1290. The quantitative estimate of drug-likeness (QED) is 0.479. The molecule has 0 fully saturated rings. The Kier molecular flexibility index (Phi) is 7.07. The summed E-state index contributed by atoms with van der Waals surface area (Å²) in [5.74, 6) is -1.73. The minimum absolute atomic E-state index is 0.154. The number of rotatable bonds is 8. The van der Waals surface area contributed by atoms with Crippen LogP contribution >= 0.6 is 0 Å². The van der Waals surface area contributed by atoms with Gasteiger partial charge in [-0.1, -0.05) is 17.2 Å². The van der Waals surface area contributed by atoms with Crippen LogP contribution < -0.4 is 19.5 Å². The summed E-state index contributed by atoms with van der Waals surface area (Å²) >= 11 is 0. The maximum atomic E-state index is 13.8. The number of sulfonamides is 1. The lowest BCUT2D eigenvalue weighted by molar-refractivity contribution is -0.139. The molecule has 0 aliphatic rings. The molecule has 3 aromatic rings. The number of ether oxygens (including phenoxy) is 2. The number of carbonyl (C=O) groups is 1. The van der Waals surface area contributed by atoms with Crippen molar-refractivity contribution in [3.8, 4) is 11.5 Å². The lowest BCUT2D eigenvalue weighted by atomic mass is 10.1. The van der Waals surface area contributed by atoms with Crippen LogP contribution in [0.25, 0.3) is 0 Å². The van der Waals surface area contributed by atoms with Gasteiger partial charge in [0.25, 0.3) is 5.91 Å². The topological polar surface area (TPSA) is 137 Å². The van der Waals surface area contributed by atoms with Crippen LogP contribution in [0.1, 0.15) is 21.5 Å². The first-order valence-electron chi connectivity index (χ1n) is 9.45. The van der Waals surface area contributed by atoms with E-state index in [0.717, 1.165) is 17.8 Å². The van der Waals surface area contributed by atoms with Gasteiger partial charge < -0.3 is 9.47 Å². The number of nitrogens with one attached hydrogen (secondary N) is 2.